The highest BCUT2D eigenvalue weighted by Crippen LogP contribution is 2.25. The molecule has 1 aromatic rings. The van der Waals surface area contributed by atoms with Gasteiger partial charge in [0.2, 0.25) is 10.0 Å². The maximum absolute atomic E-state index is 12.4. The fraction of sp³-hybridized carbons (Fsp3) is 0.143. The first kappa shape index (κ1) is 11.5. The summed E-state index contributed by atoms with van der Waals surface area (Å²) in [5.41, 5.74) is -1.10. The van der Waals surface area contributed by atoms with Gasteiger partial charge in [-0.3, -0.25) is 0 Å². The highest BCUT2D eigenvalue weighted by molar-refractivity contribution is 7.89. The number of primary sulfonamides is 1. The molecule has 0 amide bonds. The number of hydrogen-bond donors (Lipinski definition) is 1. The van der Waals surface area contributed by atoms with Crippen molar-refractivity contribution in [1.82, 2.24) is 4.98 Å². The summed E-state index contributed by atoms with van der Waals surface area (Å²) in [6.45, 7) is 0. The third-order valence-corrected chi connectivity index (χ3v) is 2.52. The molecule has 5 nitrogen and oxygen atoms in total. The maximum Gasteiger partial charge on any atom is 0.266 e. The van der Waals surface area contributed by atoms with Gasteiger partial charge >= 0.3 is 0 Å². The van der Waals surface area contributed by atoms with Gasteiger partial charge in [0.05, 0.1) is 10.5 Å². The Morgan fingerprint density at radius 3 is 2.53 bits per heavy atom. The summed E-state index contributed by atoms with van der Waals surface area (Å²) in [4.78, 5) is 2.56. The topological polar surface area (TPSA) is 96.8 Å². The Hall–Kier alpha value is -1.59. The van der Waals surface area contributed by atoms with Crippen LogP contribution >= 0.6 is 0 Å². The van der Waals surface area contributed by atoms with Crippen LogP contribution in [-0.2, 0) is 10.0 Å². The lowest BCUT2D eigenvalue weighted by molar-refractivity contribution is 0.147. The predicted molar refractivity (Wildman–Crippen MR) is 45.3 cm³/mol. The summed E-state index contributed by atoms with van der Waals surface area (Å²) in [5.74, 6) is 0. The van der Waals surface area contributed by atoms with Crippen molar-refractivity contribution in [3.05, 3.63) is 23.5 Å². The van der Waals surface area contributed by atoms with Crippen molar-refractivity contribution in [2.75, 3.05) is 0 Å². The molecule has 15 heavy (non-hydrogen) atoms. The second-order valence-electron chi connectivity index (χ2n) is 2.56. The van der Waals surface area contributed by atoms with Crippen LogP contribution in [0.4, 0.5) is 8.78 Å². The molecule has 0 bridgehead atoms. The van der Waals surface area contributed by atoms with E-state index in [-0.39, 0.29) is 5.69 Å². The van der Waals surface area contributed by atoms with Crippen molar-refractivity contribution in [1.29, 1.82) is 5.26 Å². The van der Waals surface area contributed by atoms with Crippen molar-refractivity contribution < 1.29 is 17.2 Å². The Labute approximate surface area is 84.2 Å². The number of pyridine rings is 1. The first-order valence-corrected chi connectivity index (χ1v) is 5.12. The number of aromatic nitrogens is 1. The number of alkyl halides is 2. The lowest BCUT2D eigenvalue weighted by atomic mass is 10.2. The van der Waals surface area contributed by atoms with Crippen LogP contribution < -0.4 is 5.14 Å². The van der Waals surface area contributed by atoms with E-state index in [1.165, 1.54) is 6.07 Å². The zero-order valence-corrected chi connectivity index (χ0v) is 8.00. The van der Waals surface area contributed by atoms with Crippen LogP contribution in [0, 0.1) is 11.3 Å². The van der Waals surface area contributed by atoms with Crippen molar-refractivity contribution in [3.8, 4) is 6.07 Å². The fourth-order valence-electron chi connectivity index (χ4n) is 0.919. The molecule has 0 spiro atoms. The quantitative estimate of drug-likeness (QED) is 0.805. The van der Waals surface area contributed by atoms with Crippen LogP contribution in [0.2, 0.25) is 0 Å². The molecule has 0 aliphatic rings. The number of halogens is 2. The van der Waals surface area contributed by atoms with Crippen LogP contribution in [0.5, 0.6) is 0 Å². The minimum atomic E-state index is -4.28. The molecule has 0 aliphatic carbocycles. The van der Waals surface area contributed by atoms with Crippen LogP contribution in [0.25, 0.3) is 0 Å². The first-order chi connectivity index (χ1) is 6.86. The lowest BCUT2D eigenvalue weighted by Gasteiger charge is -2.05. The van der Waals surface area contributed by atoms with Gasteiger partial charge < -0.3 is 0 Å². The largest absolute Gasteiger partial charge is 0.266 e. The molecule has 0 saturated carbocycles. The molecule has 0 atom stereocenters. The molecule has 2 N–H and O–H groups in total. The fourth-order valence-corrected chi connectivity index (χ4v) is 1.67. The minimum Gasteiger partial charge on any atom is -0.245 e. The van der Waals surface area contributed by atoms with E-state index >= 15 is 0 Å². The van der Waals surface area contributed by atoms with Crippen molar-refractivity contribution in [3.63, 3.8) is 0 Å². The Bertz CT molecular complexity index is 522. The number of nitriles is 1. The molecule has 0 unspecified atom stereocenters. The molecule has 0 saturated heterocycles. The monoisotopic (exact) mass is 233 g/mol. The summed E-state index contributed by atoms with van der Waals surface area (Å²) >= 11 is 0. The van der Waals surface area contributed by atoms with E-state index in [1.807, 2.05) is 0 Å². The van der Waals surface area contributed by atoms with Gasteiger partial charge in [0, 0.05) is 6.20 Å². The van der Waals surface area contributed by atoms with Gasteiger partial charge in [-0.2, -0.15) is 5.26 Å². The molecule has 1 heterocycles. The molecule has 0 aromatic carbocycles. The molecule has 80 valence electrons. The highest BCUT2D eigenvalue weighted by Gasteiger charge is 2.21. The Morgan fingerprint density at radius 2 is 2.13 bits per heavy atom. The number of hydrogen-bond acceptors (Lipinski definition) is 4. The highest BCUT2D eigenvalue weighted by atomic mass is 32.2. The third kappa shape index (κ3) is 2.45. The van der Waals surface area contributed by atoms with E-state index in [0.717, 1.165) is 6.07 Å². The van der Waals surface area contributed by atoms with Crippen LogP contribution in [0.3, 0.4) is 0 Å². The summed E-state index contributed by atoms with van der Waals surface area (Å²) in [6.07, 6.45) is -2.39. The standard InChI is InChI=1S/C7H5F2N3O2S/c8-7(9)5-3-12-4(2-10)1-6(5)15(11,13)14/h1,3,7H,(H2,11,13,14). The van der Waals surface area contributed by atoms with Gasteiger partial charge in [-0.05, 0) is 6.07 Å². The number of nitrogens with two attached hydrogens (primary N) is 1. The lowest BCUT2D eigenvalue weighted by Crippen LogP contribution is -2.15. The van der Waals surface area contributed by atoms with Crippen LogP contribution in [-0.4, -0.2) is 13.4 Å². The van der Waals surface area contributed by atoms with Crippen LogP contribution in [0.15, 0.2) is 17.2 Å². The van der Waals surface area contributed by atoms with Crippen LogP contribution in [0.1, 0.15) is 17.7 Å². The second kappa shape index (κ2) is 3.88. The van der Waals surface area contributed by atoms with Gasteiger partial charge in [-0.15, -0.1) is 0 Å². The maximum atomic E-state index is 12.4. The second-order valence-corrected chi connectivity index (χ2v) is 4.09. The van der Waals surface area contributed by atoms with Gasteiger partial charge in [0.1, 0.15) is 11.8 Å². The van der Waals surface area contributed by atoms with Crippen molar-refractivity contribution in [2.24, 2.45) is 5.14 Å². The molecule has 0 fully saturated rings. The summed E-state index contributed by atoms with van der Waals surface area (Å²) in [7, 11) is -4.28. The Kier molecular flexibility index (Phi) is 2.97. The van der Waals surface area contributed by atoms with Gasteiger partial charge in [-0.1, -0.05) is 0 Å². The Balaban J connectivity index is 3.52. The van der Waals surface area contributed by atoms with Gasteiger partial charge in [0.15, 0.2) is 0 Å². The summed E-state index contributed by atoms with van der Waals surface area (Å²) in [6, 6.07) is 2.25. The normalized spacial score (nSPS) is 11.4. The van der Waals surface area contributed by atoms with E-state index in [2.05, 4.69) is 4.98 Å². The number of sulfonamides is 1. The smallest absolute Gasteiger partial charge is 0.245 e. The first-order valence-electron chi connectivity index (χ1n) is 3.57. The zero-order chi connectivity index (χ0) is 11.6. The minimum absolute atomic E-state index is 0.288. The van der Waals surface area contributed by atoms with Crippen molar-refractivity contribution in [2.45, 2.75) is 11.3 Å². The third-order valence-electron chi connectivity index (χ3n) is 1.55. The van der Waals surface area contributed by atoms with E-state index in [9.17, 15) is 17.2 Å². The van der Waals surface area contributed by atoms with Gasteiger partial charge in [-0.25, -0.2) is 27.3 Å². The van der Waals surface area contributed by atoms with E-state index in [0.29, 0.717) is 6.20 Å². The molecule has 0 aliphatic heterocycles. The SMILES string of the molecule is N#Cc1cc(S(N)(=O)=O)c(C(F)F)cn1. The average Bonchev–Trinajstić information content (AvgIpc) is 2.15. The molecule has 1 rings (SSSR count). The van der Waals surface area contributed by atoms with E-state index in [1.54, 1.807) is 0 Å². The Morgan fingerprint density at radius 1 is 1.53 bits per heavy atom. The molecular weight excluding hydrogens is 228 g/mol. The predicted octanol–water partition coefficient (Wildman–Crippen LogP) is 0.538. The number of rotatable bonds is 2. The molecular formula is C7H5F2N3O2S. The number of nitrogens with zero attached hydrogens (tertiary/aromatic N) is 2. The average molecular weight is 233 g/mol. The molecule has 8 heteroatoms. The molecule has 0 radical (unpaired) electrons. The summed E-state index contributed by atoms with van der Waals surface area (Å²) in [5, 5.41) is 13.1. The zero-order valence-electron chi connectivity index (χ0n) is 7.18. The molecule has 1 aromatic heterocycles. The van der Waals surface area contributed by atoms with Gasteiger partial charge in [0.25, 0.3) is 6.43 Å². The van der Waals surface area contributed by atoms with Crippen molar-refractivity contribution >= 4 is 10.0 Å². The summed E-state index contributed by atoms with van der Waals surface area (Å²) < 4.78 is 46.6. The van der Waals surface area contributed by atoms with E-state index < -0.39 is 26.9 Å². The van der Waals surface area contributed by atoms with E-state index in [4.69, 9.17) is 10.4 Å².